The first-order chi connectivity index (χ1) is 4.04. The Bertz CT molecular complexity index is 146. The SMILES string of the molecule is CC1C(=O)NCC1(F)F. The highest BCUT2D eigenvalue weighted by Gasteiger charge is 2.46. The topological polar surface area (TPSA) is 29.1 Å². The first-order valence-corrected chi connectivity index (χ1v) is 2.69. The van der Waals surface area contributed by atoms with Gasteiger partial charge in [-0.2, -0.15) is 0 Å². The van der Waals surface area contributed by atoms with Crippen LogP contribution in [0.4, 0.5) is 8.78 Å². The average Bonchev–Trinajstić information content (AvgIpc) is 1.97. The Hall–Kier alpha value is -0.670. The van der Waals surface area contributed by atoms with Gasteiger partial charge in [-0.15, -0.1) is 0 Å². The smallest absolute Gasteiger partial charge is 0.276 e. The van der Waals surface area contributed by atoms with Crippen molar-refractivity contribution in [3.63, 3.8) is 0 Å². The molecule has 1 atom stereocenters. The maximum absolute atomic E-state index is 12.3. The summed E-state index contributed by atoms with van der Waals surface area (Å²) in [6.45, 7) is 0.718. The lowest BCUT2D eigenvalue weighted by Gasteiger charge is -2.08. The zero-order chi connectivity index (χ0) is 7.07. The number of rotatable bonds is 0. The fourth-order valence-corrected chi connectivity index (χ4v) is 0.703. The summed E-state index contributed by atoms with van der Waals surface area (Å²) in [7, 11) is 0. The Morgan fingerprint density at radius 2 is 2.33 bits per heavy atom. The third kappa shape index (κ3) is 0.886. The summed E-state index contributed by atoms with van der Waals surface area (Å²) >= 11 is 0. The van der Waals surface area contributed by atoms with Crippen molar-refractivity contribution in [2.45, 2.75) is 12.8 Å². The van der Waals surface area contributed by atoms with Gasteiger partial charge in [-0.3, -0.25) is 4.79 Å². The van der Waals surface area contributed by atoms with E-state index in [1.807, 2.05) is 0 Å². The number of alkyl halides is 2. The number of carbonyl (C=O) groups excluding carboxylic acids is 1. The summed E-state index contributed by atoms with van der Waals surface area (Å²) in [5.41, 5.74) is 0. The van der Waals surface area contributed by atoms with E-state index in [9.17, 15) is 13.6 Å². The van der Waals surface area contributed by atoms with Crippen molar-refractivity contribution in [1.82, 2.24) is 5.32 Å². The van der Waals surface area contributed by atoms with E-state index in [-0.39, 0.29) is 0 Å². The zero-order valence-corrected chi connectivity index (χ0v) is 4.95. The summed E-state index contributed by atoms with van der Waals surface area (Å²) in [5.74, 6) is -4.55. The molecule has 0 radical (unpaired) electrons. The van der Waals surface area contributed by atoms with Gasteiger partial charge in [0, 0.05) is 0 Å². The van der Waals surface area contributed by atoms with E-state index in [0.717, 1.165) is 0 Å². The molecule has 1 fully saturated rings. The van der Waals surface area contributed by atoms with Crippen molar-refractivity contribution in [3.05, 3.63) is 0 Å². The first-order valence-electron chi connectivity index (χ1n) is 2.69. The van der Waals surface area contributed by atoms with E-state index >= 15 is 0 Å². The third-order valence-corrected chi connectivity index (χ3v) is 1.53. The van der Waals surface area contributed by atoms with Crippen LogP contribution in [0.15, 0.2) is 0 Å². The largest absolute Gasteiger partial charge is 0.350 e. The number of halogens is 2. The van der Waals surface area contributed by atoms with Crippen LogP contribution in [0.2, 0.25) is 0 Å². The molecule has 1 aliphatic rings. The molecule has 0 spiro atoms. The minimum atomic E-state index is -2.84. The minimum absolute atomic E-state index is 0.507. The van der Waals surface area contributed by atoms with Crippen LogP contribution < -0.4 is 5.32 Å². The maximum atomic E-state index is 12.3. The molecule has 2 nitrogen and oxygen atoms in total. The van der Waals surface area contributed by atoms with Gasteiger partial charge in [0.2, 0.25) is 5.91 Å². The summed E-state index contributed by atoms with van der Waals surface area (Å²) in [6.07, 6.45) is 0. The lowest BCUT2D eigenvalue weighted by atomic mass is 10.1. The van der Waals surface area contributed by atoms with Gasteiger partial charge in [0.1, 0.15) is 5.92 Å². The molecule has 1 N–H and O–H groups in total. The molecule has 0 aromatic carbocycles. The van der Waals surface area contributed by atoms with Crippen LogP contribution in [0.3, 0.4) is 0 Å². The van der Waals surface area contributed by atoms with Gasteiger partial charge in [-0.25, -0.2) is 8.78 Å². The number of nitrogens with one attached hydrogen (secondary N) is 1. The van der Waals surface area contributed by atoms with Crippen LogP contribution >= 0.6 is 0 Å². The maximum Gasteiger partial charge on any atom is 0.276 e. The number of hydrogen-bond donors (Lipinski definition) is 1. The molecule has 0 aliphatic carbocycles. The summed E-state index contributed by atoms with van der Waals surface area (Å²) < 4.78 is 24.6. The molecule has 1 heterocycles. The van der Waals surface area contributed by atoms with Gasteiger partial charge >= 0.3 is 0 Å². The van der Waals surface area contributed by atoms with Crippen molar-refractivity contribution in [1.29, 1.82) is 0 Å². The van der Waals surface area contributed by atoms with Crippen molar-refractivity contribution >= 4 is 5.91 Å². The summed E-state index contributed by atoms with van der Waals surface area (Å²) in [4.78, 5) is 10.4. The van der Waals surface area contributed by atoms with Crippen LogP contribution in [0.5, 0.6) is 0 Å². The van der Waals surface area contributed by atoms with E-state index < -0.39 is 24.3 Å². The van der Waals surface area contributed by atoms with Gasteiger partial charge in [0.25, 0.3) is 5.92 Å². The van der Waals surface area contributed by atoms with Gasteiger partial charge in [0.05, 0.1) is 6.54 Å². The van der Waals surface area contributed by atoms with E-state index in [1.165, 1.54) is 6.92 Å². The van der Waals surface area contributed by atoms with Gasteiger partial charge < -0.3 is 5.32 Å². The molecule has 1 rings (SSSR count). The fourth-order valence-electron chi connectivity index (χ4n) is 0.703. The molecule has 0 saturated carbocycles. The van der Waals surface area contributed by atoms with Crippen molar-refractivity contribution in [3.8, 4) is 0 Å². The van der Waals surface area contributed by atoms with E-state index in [1.54, 1.807) is 0 Å². The number of carbonyl (C=O) groups is 1. The lowest BCUT2D eigenvalue weighted by molar-refractivity contribution is -0.126. The Morgan fingerprint density at radius 3 is 2.44 bits per heavy atom. The van der Waals surface area contributed by atoms with Gasteiger partial charge in [-0.05, 0) is 6.92 Å². The molecule has 1 saturated heterocycles. The second kappa shape index (κ2) is 1.65. The molecule has 4 heteroatoms. The highest BCUT2D eigenvalue weighted by molar-refractivity contribution is 5.81. The quantitative estimate of drug-likeness (QED) is 0.511. The van der Waals surface area contributed by atoms with Gasteiger partial charge in [0.15, 0.2) is 0 Å². The monoisotopic (exact) mass is 135 g/mol. The lowest BCUT2D eigenvalue weighted by Crippen LogP contribution is -2.25. The second-order valence-electron chi connectivity index (χ2n) is 2.20. The normalized spacial score (nSPS) is 32.3. The van der Waals surface area contributed by atoms with Crippen molar-refractivity contribution in [2.24, 2.45) is 5.92 Å². The average molecular weight is 135 g/mol. The molecule has 1 unspecified atom stereocenters. The predicted molar refractivity (Wildman–Crippen MR) is 27.1 cm³/mol. The Morgan fingerprint density at radius 1 is 1.78 bits per heavy atom. The zero-order valence-electron chi connectivity index (χ0n) is 4.95. The summed E-state index contributed by atoms with van der Waals surface area (Å²) in [5, 5.41) is 2.07. The van der Waals surface area contributed by atoms with Crippen LogP contribution in [0.25, 0.3) is 0 Å². The molecule has 0 aromatic heterocycles. The molecule has 0 aromatic rings. The standard InChI is InChI=1S/C5H7F2NO/c1-3-4(9)8-2-5(3,6)7/h3H,2H2,1H3,(H,8,9). The number of hydrogen-bond acceptors (Lipinski definition) is 1. The molecule has 1 amide bonds. The minimum Gasteiger partial charge on any atom is -0.350 e. The molecule has 0 bridgehead atoms. The molecule has 52 valence electrons. The first kappa shape index (κ1) is 6.45. The third-order valence-electron chi connectivity index (χ3n) is 1.53. The Kier molecular flexibility index (Phi) is 1.18. The Labute approximate surface area is 51.2 Å². The van der Waals surface area contributed by atoms with Crippen molar-refractivity contribution < 1.29 is 13.6 Å². The molecule has 9 heavy (non-hydrogen) atoms. The van der Waals surface area contributed by atoms with E-state index in [0.29, 0.717) is 0 Å². The van der Waals surface area contributed by atoms with Crippen LogP contribution in [0.1, 0.15) is 6.92 Å². The van der Waals surface area contributed by atoms with Crippen LogP contribution in [-0.4, -0.2) is 18.4 Å². The highest BCUT2D eigenvalue weighted by atomic mass is 19.3. The summed E-state index contributed by atoms with van der Waals surface area (Å²) in [6, 6.07) is 0. The fraction of sp³-hybridized carbons (Fsp3) is 0.800. The molecule has 1 aliphatic heterocycles. The molecular weight excluding hydrogens is 128 g/mol. The highest BCUT2D eigenvalue weighted by Crippen LogP contribution is 2.27. The van der Waals surface area contributed by atoms with E-state index in [2.05, 4.69) is 5.32 Å². The van der Waals surface area contributed by atoms with E-state index in [4.69, 9.17) is 0 Å². The predicted octanol–water partition coefficient (Wildman–Crippen LogP) is 0.388. The number of amides is 1. The van der Waals surface area contributed by atoms with Crippen molar-refractivity contribution in [2.75, 3.05) is 6.54 Å². The van der Waals surface area contributed by atoms with Gasteiger partial charge in [-0.1, -0.05) is 0 Å². The molecular formula is C5H7F2NO. The van der Waals surface area contributed by atoms with Crippen LogP contribution in [-0.2, 0) is 4.79 Å². The Balaban J connectivity index is 2.73. The second-order valence-corrected chi connectivity index (χ2v) is 2.20. The van der Waals surface area contributed by atoms with Crippen LogP contribution in [0, 0.1) is 5.92 Å².